The van der Waals surface area contributed by atoms with Crippen LogP contribution in [-0.4, -0.2) is 137 Å². The summed E-state index contributed by atoms with van der Waals surface area (Å²) in [7, 11) is 0. The van der Waals surface area contributed by atoms with Crippen LogP contribution in [0.15, 0.2) is 114 Å². The SMILES string of the molecule is CC(=O)O[C@H]1C(=O)[C@@]2(C)C([C@H](OC(=O)c3ccccc3)[C@]3(O)C[C@H](OC(=O)[C@H](OC(=O)OC/C=C\COC(=O)OC(C)O[N+](=O)[O-])[C@@H](NC(=O)c4ccccc4)c4ccccc4)C(C)=C1C3(C)C)[C@]1(OC(C)=O)CO[C@@H]1C[C@@H]2O. The fraction of sp³-hybridized carbons (Fsp3) is 0.455. The first kappa shape index (κ1) is 58.5. The van der Waals surface area contributed by atoms with Gasteiger partial charge in [0.15, 0.2) is 17.5 Å². The molecule has 1 saturated heterocycles. The molecule has 422 valence electrons. The van der Waals surface area contributed by atoms with Gasteiger partial charge >= 0.3 is 36.2 Å². The van der Waals surface area contributed by atoms with Gasteiger partial charge in [0.1, 0.15) is 43.2 Å². The molecule has 2 bridgehead atoms. The van der Waals surface area contributed by atoms with Crippen LogP contribution in [0.25, 0.3) is 0 Å². The van der Waals surface area contributed by atoms with E-state index in [9.17, 15) is 49.1 Å². The number of fused-ring (bicyclic) bond motifs is 5. The predicted molar refractivity (Wildman–Crippen MR) is 267 cm³/mol. The zero-order chi connectivity index (χ0) is 57.6. The molecule has 3 N–H and O–H groups in total. The molecule has 7 rings (SSSR count). The minimum absolute atomic E-state index is 0.000613. The molecule has 1 heterocycles. The first-order valence-electron chi connectivity index (χ1n) is 25.0. The number of aliphatic hydroxyl groups excluding tert-OH is 1. The van der Waals surface area contributed by atoms with Gasteiger partial charge < -0.3 is 58.2 Å². The third-order valence-corrected chi connectivity index (χ3v) is 14.9. The molecule has 2 saturated carbocycles. The van der Waals surface area contributed by atoms with Gasteiger partial charge in [-0.05, 0) is 73.9 Å². The molecule has 1 amide bonds. The molecule has 79 heavy (non-hydrogen) atoms. The Labute approximate surface area is 452 Å². The number of carbonyl (C=O) groups is 8. The largest absolute Gasteiger partial charge is 0.510 e. The van der Waals surface area contributed by atoms with Crippen molar-refractivity contribution in [1.29, 1.82) is 0 Å². The number of rotatable bonds is 18. The molecule has 1 aliphatic heterocycles. The second kappa shape index (κ2) is 23.8. The van der Waals surface area contributed by atoms with Crippen LogP contribution < -0.4 is 5.32 Å². The van der Waals surface area contributed by atoms with E-state index in [0.29, 0.717) is 0 Å². The van der Waals surface area contributed by atoms with E-state index >= 15 is 9.59 Å². The molecule has 24 nitrogen and oxygen atoms in total. The van der Waals surface area contributed by atoms with Gasteiger partial charge in [-0.3, -0.25) is 24.0 Å². The highest BCUT2D eigenvalue weighted by Gasteiger charge is 2.78. The zero-order valence-electron chi connectivity index (χ0n) is 44.1. The Morgan fingerprint density at radius 2 is 1.39 bits per heavy atom. The fourth-order valence-corrected chi connectivity index (χ4v) is 11.1. The summed E-state index contributed by atoms with van der Waals surface area (Å²) in [4.78, 5) is 126. The number of benzene rings is 3. The summed E-state index contributed by atoms with van der Waals surface area (Å²) >= 11 is 0. The number of Topliss-reactive ketones (excluding diaryl/α,β-unsaturated/α-hetero) is 1. The average Bonchev–Trinajstić information content (AvgIpc) is 2.51. The quantitative estimate of drug-likeness (QED) is 0.0370. The van der Waals surface area contributed by atoms with Gasteiger partial charge in [-0.15, -0.1) is 10.1 Å². The van der Waals surface area contributed by atoms with Gasteiger partial charge in [-0.25, -0.2) is 19.2 Å². The minimum Gasteiger partial charge on any atom is -0.455 e. The molecule has 3 fully saturated rings. The van der Waals surface area contributed by atoms with E-state index in [-0.39, 0.29) is 34.3 Å². The van der Waals surface area contributed by atoms with E-state index < -0.39 is 156 Å². The van der Waals surface area contributed by atoms with E-state index in [1.807, 2.05) is 0 Å². The van der Waals surface area contributed by atoms with Crippen molar-refractivity contribution in [3.05, 3.63) is 141 Å². The molecule has 0 radical (unpaired) electrons. The lowest BCUT2D eigenvalue weighted by Gasteiger charge is -2.67. The number of hydrogen-bond acceptors (Lipinski definition) is 22. The Morgan fingerprint density at radius 1 is 0.823 bits per heavy atom. The molecule has 4 aliphatic rings. The average molecular weight is 1100 g/mol. The van der Waals surface area contributed by atoms with Gasteiger partial charge in [-0.2, -0.15) is 0 Å². The normalized spacial score (nSPS) is 27.7. The molecule has 3 aromatic carbocycles. The van der Waals surface area contributed by atoms with Crippen molar-refractivity contribution in [1.82, 2.24) is 5.32 Å². The van der Waals surface area contributed by atoms with Crippen LogP contribution in [0.3, 0.4) is 0 Å². The van der Waals surface area contributed by atoms with E-state index in [0.717, 1.165) is 20.8 Å². The zero-order valence-corrected chi connectivity index (χ0v) is 44.1. The Balaban J connectivity index is 1.32. The molecule has 2 unspecified atom stereocenters. The van der Waals surface area contributed by atoms with Crippen molar-refractivity contribution in [2.75, 3.05) is 19.8 Å². The monoisotopic (exact) mass is 1100 g/mol. The van der Waals surface area contributed by atoms with Crippen LogP contribution in [0.4, 0.5) is 9.59 Å². The highest BCUT2D eigenvalue weighted by Crippen LogP contribution is 2.64. The van der Waals surface area contributed by atoms with Gasteiger partial charge in [0, 0.05) is 37.7 Å². The number of ether oxygens (including phenoxy) is 9. The van der Waals surface area contributed by atoms with E-state index in [2.05, 4.69) is 14.9 Å². The molecular weight excluding hydrogens is 1040 g/mol. The van der Waals surface area contributed by atoms with Gasteiger partial charge in [0.05, 0.1) is 29.6 Å². The highest BCUT2D eigenvalue weighted by molar-refractivity contribution is 5.96. The first-order valence-corrected chi connectivity index (χ1v) is 25.0. The number of aliphatic hydroxyl groups is 2. The Bertz CT molecular complexity index is 2880. The van der Waals surface area contributed by atoms with Gasteiger partial charge in [0.25, 0.3) is 11.0 Å². The van der Waals surface area contributed by atoms with Crippen molar-refractivity contribution in [2.45, 2.75) is 121 Å². The van der Waals surface area contributed by atoms with Crippen molar-refractivity contribution < 1.29 is 101 Å². The topological polar surface area (TPSA) is 324 Å². The summed E-state index contributed by atoms with van der Waals surface area (Å²) in [6.07, 6.45) is -13.4. The van der Waals surface area contributed by atoms with Crippen LogP contribution >= 0.6 is 0 Å². The minimum atomic E-state index is -2.55. The number of carbonyl (C=O) groups excluding carboxylic acids is 8. The van der Waals surface area contributed by atoms with Crippen molar-refractivity contribution >= 4 is 47.9 Å². The second-order valence-electron chi connectivity index (χ2n) is 20.1. The summed E-state index contributed by atoms with van der Waals surface area (Å²) in [5.74, 6) is -7.53. The maximum atomic E-state index is 15.8. The van der Waals surface area contributed by atoms with Crippen LogP contribution in [0, 0.1) is 26.9 Å². The lowest BCUT2D eigenvalue weighted by molar-refractivity contribution is -0.777. The maximum absolute atomic E-state index is 15.8. The van der Waals surface area contributed by atoms with Crippen LogP contribution in [0.1, 0.15) is 93.6 Å². The maximum Gasteiger partial charge on any atom is 0.510 e. The molecule has 12 atom stereocenters. The molecule has 0 aromatic heterocycles. The third-order valence-electron chi connectivity index (χ3n) is 14.9. The van der Waals surface area contributed by atoms with Crippen molar-refractivity contribution in [3.8, 4) is 0 Å². The highest BCUT2D eigenvalue weighted by atomic mass is 17.0. The number of ketones is 1. The number of esters is 4. The summed E-state index contributed by atoms with van der Waals surface area (Å²) in [6, 6.07) is 21.7. The Hall–Kier alpha value is -8.22. The van der Waals surface area contributed by atoms with E-state index in [1.54, 1.807) is 54.6 Å². The summed E-state index contributed by atoms with van der Waals surface area (Å²) in [5.41, 5.74) is -8.10. The lowest BCUT2D eigenvalue weighted by Crippen LogP contribution is -2.82. The van der Waals surface area contributed by atoms with Crippen LogP contribution in [0.2, 0.25) is 0 Å². The Kier molecular flexibility index (Phi) is 17.6. The van der Waals surface area contributed by atoms with Crippen molar-refractivity contribution in [3.63, 3.8) is 0 Å². The molecule has 24 heteroatoms. The molecule has 3 aliphatic carbocycles. The Morgan fingerprint density at radius 3 is 1.94 bits per heavy atom. The summed E-state index contributed by atoms with van der Waals surface area (Å²) in [5, 5.41) is 38.3. The smallest absolute Gasteiger partial charge is 0.455 e. The first-order chi connectivity index (χ1) is 37.3. The molecule has 0 spiro atoms. The van der Waals surface area contributed by atoms with Crippen LogP contribution in [-0.2, 0) is 66.6 Å². The standard InChI is InChI=1S/C55H60N2O22/c1-30-37(75-49(64)43(41(34-19-11-8-12-20-34)56-47(62)35-21-13-9-14-22-35)76-51(66)71-26-18-17-25-70-50(65)74-33(4)79-57(68)69)28-55(67)46(77-48(63)36-23-15-10-16-24-36)44-53(7,38(60)27-39-54(44,29-72-39)78-32(3)59)45(61)42(73-31(2)58)40(30)52(55,5)6/h8-24,33,37-39,41-44,46,60,67H,25-29H2,1-7H3,(H,56,62)/b18-17-/t33?,37-,38-,39+,41-,42+,43+,44?,46-,53+,54-,55+/m0/s1. The van der Waals surface area contributed by atoms with E-state index in [1.165, 1.54) is 76.2 Å². The number of nitrogens with zero attached hydrogens (tertiary/aromatic N) is 1. The number of amides is 1. The molecular formula is C55H60N2O22. The lowest BCUT2D eigenvalue weighted by atomic mass is 9.44. The van der Waals surface area contributed by atoms with Gasteiger partial charge in [0.2, 0.25) is 12.4 Å². The molecule has 3 aromatic rings. The van der Waals surface area contributed by atoms with Gasteiger partial charge in [-0.1, -0.05) is 80.6 Å². The fourth-order valence-electron chi connectivity index (χ4n) is 11.1. The number of nitrogens with one attached hydrogen (secondary N) is 1. The second-order valence-corrected chi connectivity index (χ2v) is 20.1. The predicted octanol–water partition coefficient (Wildman–Crippen LogP) is 5.16. The summed E-state index contributed by atoms with van der Waals surface area (Å²) < 4.78 is 51.0. The van der Waals surface area contributed by atoms with Crippen LogP contribution in [0.5, 0.6) is 0 Å². The van der Waals surface area contributed by atoms with E-state index in [4.69, 9.17) is 37.9 Å². The number of hydrogen-bond donors (Lipinski definition) is 3. The van der Waals surface area contributed by atoms with Crippen molar-refractivity contribution in [2.24, 2.45) is 16.7 Å². The third kappa shape index (κ3) is 12.0. The summed E-state index contributed by atoms with van der Waals surface area (Å²) in [6.45, 7) is 7.61.